The first-order valence-electron chi connectivity index (χ1n) is 40.4. The molecule has 3 saturated carbocycles. The molecular weight excluding hydrogens is 1620 g/mol. The molecule has 7 aromatic heterocycles. The minimum absolute atomic E-state index is 0. The normalized spacial score (nSPS) is 22.2. The summed E-state index contributed by atoms with van der Waals surface area (Å²) in [5, 5.41) is 11.1. The van der Waals surface area contributed by atoms with Crippen LogP contribution in [0.15, 0.2) is 156 Å². The molecule has 1 aromatic carbocycles. The van der Waals surface area contributed by atoms with E-state index in [2.05, 4.69) is 120 Å². The van der Waals surface area contributed by atoms with Crippen molar-refractivity contribution in [1.29, 1.82) is 0 Å². The van der Waals surface area contributed by atoms with Crippen molar-refractivity contribution in [3.05, 3.63) is 209 Å². The maximum atomic E-state index is 11.9. The van der Waals surface area contributed by atoms with Crippen molar-refractivity contribution in [3.8, 4) is 11.3 Å². The summed E-state index contributed by atoms with van der Waals surface area (Å²) in [6.07, 6.45) is 31.4. The third-order valence-corrected chi connectivity index (χ3v) is 25.7. The van der Waals surface area contributed by atoms with Crippen molar-refractivity contribution in [2.24, 2.45) is 28.5 Å². The van der Waals surface area contributed by atoms with E-state index in [9.17, 15) is 38.4 Å². The highest BCUT2D eigenvalue weighted by molar-refractivity contribution is 8.19. The summed E-state index contributed by atoms with van der Waals surface area (Å²) in [5.41, 5.74) is 14.3. The smallest absolute Gasteiger partial charge is 0.201 e. The number of rotatable bonds is 26. The van der Waals surface area contributed by atoms with Crippen LogP contribution in [0.5, 0.6) is 0 Å². The predicted octanol–water partition coefficient (Wildman–Crippen LogP) is 13.7. The SMILES string of the molecule is C.COCCOCCNC1CCC(Cc2nccc(/C=C3\SC(=O)CC3=O)n2)CC1.NC(=NC1CCC(Cc2nccc(/C=C3\SC(=O)CC3=O)n2)CC1)c1ccco1.O=C1CC(=O)/C(=C/c2ccnc(CC3CCC(NCc4cccc(-c5ccsc5)n4)CC3)n2)S1.O=C1CC(=O)/C(=C/c2ccnc(Cc3ccc(N4CCOCC4)cc3)n2)S1. The second kappa shape index (κ2) is 45.9. The number of ether oxygens (including phenoxy) is 3. The van der Waals surface area contributed by atoms with Gasteiger partial charge in [0.15, 0.2) is 34.7 Å². The number of thiophene rings is 1. The number of carbonyl (C=O) groups excluding carboxylic acids is 8. The van der Waals surface area contributed by atoms with Gasteiger partial charge in [0.25, 0.3) is 0 Å². The lowest BCUT2D eigenvalue weighted by Gasteiger charge is -2.29. The third kappa shape index (κ3) is 28.0. The summed E-state index contributed by atoms with van der Waals surface area (Å²) in [5.74, 6) is 5.29. The molecule has 628 valence electrons. The van der Waals surface area contributed by atoms with Crippen molar-refractivity contribution in [2.45, 2.75) is 161 Å². The Morgan fingerprint density at radius 3 is 1.43 bits per heavy atom. The average Bonchev–Trinajstić information content (AvgIpc) is 1.75. The summed E-state index contributed by atoms with van der Waals surface area (Å²) < 4.78 is 21.1. The van der Waals surface area contributed by atoms with Gasteiger partial charge in [-0.05, 0) is 244 Å². The van der Waals surface area contributed by atoms with Gasteiger partial charge in [-0.15, -0.1) is 0 Å². The topological polar surface area (TPSA) is 359 Å². The van der Waals surface area contributed by atoms with Crippen molar-refractivity contribution in [3.63, 3.8) is 0 Å². The zero-order valence-electron chi connectivity index (χ0n) is 66.3. The summed E-state index contributed by atoms with van der Waals surface area (Å²) in [6, 6.07) is 28.7. The number of carbonyl (C=O) groups is 8. The molecule has 12 heterocycles. The van der Waals surface area contributed by atoms with E-state index in [1.807, 2.05) is 6.07 Å². The van der Waals surface area contributed by atoms with Crippen LogP contribution in [-0.2, 0) is 84.8 Å². The summed E-state index contributed by atoms with van der Waals surface area (Å²) in [6.45, 7) is 7.02. The first-order chi connectivity index (χ1) is 58.0. The Bertz CT molecular complexity index is 5010. The number of allylic oxidation sites excluding steroid dienone is 4. The zero-order chi connectivity index (χ0) is 82.7. The standard InChI is InChI=1S/C26H26N4O2S2.C21H22N4O3S.C21H29N3O4S.C20H19N3O3S.CH4/c31-23-14-26(32)34-24(23)13-20-8-10-27-25(30-20)12-17-4-6-19(7-5-17)28-15-21-2-1-3-22(29-21)18-9-11-33-16-18;22-21(17-2-1-9-28-17)25-14-5-3-13(4-6-14)10-19-23-8-7-15(24-19)11-18-16(26)12-20(27)29-18;1-27-10-11-28-9-8-22-16-4-2-15(3-5-16)12-20-23-7-6-17(24-20)13-19-18(25)14-21(26)29-19;24-17-13-20(25)27-18(17)12-15-5-6-21-19(22-15)11-14-1-3-16(4-2-14)23-7-9-26-10-8-23;/h1-3,8-11,13,16-17,19,28H,4-7,12,14-15H2;1-2,7-9,11,13-14H,3-6,10,12H2,(H2,22,25);6-7,13,15-16,22H,2-5,8-12,14H2,1H3;1-6,12H,7-11,13H2;1H4/b24-13-;18-11-;19-13-;18-12-;. The Balaban J connectivity index is 0.000000147. The second-order valence-electron chi connectivity index (χ2n) is 30.0. The molecule has 5 saturated heterocycles. The molecule has 3 aliphatic carbocycles. The summed E-state index contributed by atoms with van der Waals surface area (Å²) in [4.78, 5) is 142. The number of morpholine rings is 1. The van der Waals surface area contributed by atoms with Gasteiger partial charge in [-0.3, -0.25) is 48.3 Å². The van der Waals surface area contributed by atoms with E-state index in [1.165, 1.54) is 11.3 Å². The summed E-state index contributed by atoms with van der Waals surface area (Å²) in [7, 11) is 1.68. The Morgan fingerprint density at radius 2 is 0.992 bits per heavy atom. The van der Waals surface area contributed by atoms with Crippen molar-refractivity contribution in [2.75, 3.05) is 64.7 Å². The van der Waals surface area contributed by atoms with Crippen molar-refractivity contribution < 1.29 is 57.0 Å². The van der Waals surface area contributed by atoms with Gasteiger partial charge in [0, 0.05) is 112 Å². The van der Waals surface area contributed by atoms with Gasteiger partial charge in [0.1, 0.15) is 23.3 Å². The monoisotopic (exact) mass is 1720 g/mol. The molecule has 8 aromatic rings. The Morgan fingerprint density at radius 1 is 0.525 bits per heavy atom. The van der Waals surface area contributed by atoms with Crippen LogP contribution in [0.1, 0.15) is 173 Å². The fourth-order valence-corrected chi connectivity index (χ4v) is 18.9. The number of anilines is 1. The summed E-state index contributed by atoms with van der Waals surface area (Å²) >= 11 is 5.71. The number of aliphatic imine (C=N–C) groups is 1. The van der Waals surface area contributed by atoms with Crippen LogP contribution in [-0.4, -0.2) is 172 Å². The number of methoxy groups -OCH3 is 1. The quantitative estimate of drug-likeness (QED) is 0.0149. The number of aromatic nitrogens is 9. The van der Waals surface area contributed by atoms with Gasteiger partial charge in [-0.2, -0.15) is 11.3 Å². The molecule has 0 amide bonds. The Kier molecular flexibility index (Phi) is 34.3. The van der Waals surface area contributed by atoms with Crippen LogP contribution in [0, 0.1) is 17.8 Å². The van der Waals surface area contributed by atoms with Gasteiger partial charge >= 0.3 is 0 Å². The van der Waals surface area contributed by atoms with Crippen molar-refractivity contribution >= 4 is 138 Å². The van der Waals surface area contributed by atoms with Crippen molar-refractivity contribution in [1.82, 2.24) is 55.5 Å². The molecule has 0 bridgehead atoms. The second-order valence-corrected chi connectivity index (χ2v) is 35.2. The number of Topliss-reactive ketones (excluding diaryl/α,β-unsaturated/α-hetero) is 4. The van der Waals surface area contributed by atoms with Gasteiger partial charge in [-0.25, -0.2) is 39.9 Å². The highest BCUT2D eigenvalue weighted by Gasteiger charge is 2.31. The highest BCUT2D eigenvalue weighted by atomic mass is 32.2. The molecule has 0 radical (unpaired) electrons. The minimum Gasteiger partial charge on any atom is -0.461 e. The van der Waals surface area contributed by atoms with Crippen LogP contribution in [0.2, 0.25) is 0 Å². The number of amidine groups is 1. The predicted molar refractivity (Wildman–Crippen MR) is 471 cm³/mol. The van der Waals surface area contributed by atoms with Crippen LogP contribution in [0.3, 0.4) is 0 Å². The number of thioether (sulfide) groups is 4. The van der Waals surface area contributed by atoms with E-state index >= 15 is 0 Å². The Labute approximate surface area is 719 Å². The maximum absolute atomic E-state index is 11.9. The third-order valence-electron chi connectivity index (χ3n) is 21.2. The van der Waals surface area contributed by atoms with E-state index in [4.69, 9.17) is 29.3 Å². The lowest BCUT2D eigenvalue weighted by molar-refractivity contribution is -0.120. The van der Waals surface area contributed by atoms with Gasteiger partial charge in [-0.1, -0.05) is 25.6 Å². The molecule has 0 atom stereocenters. The number of nitrogens with one attached hydrogen (secondary N) is 2. The van der Waals surface area contributed by atoms with E-state index in [1.54, 1.807) is 104 Å². The van der Waals surface area contributed by atoms with Crippen LogP contribution in [0.4, 0.5) is 5.69 Å². The number of hydrogen-bond donors (Lipinski definition) is 3. The molecule has 26 nitrogen and oxygen atoms in total. The van der Waals surface area contributed by atoms with Crippen LogP contribution >= 0.6 is 58.4 Å². The number of benzene rings is 1. The van der Waals surface area contributed by atoms with Gasteiger partial charge in [0.2, 0.25) is 20.5 Å². The van der Waals surface area contributed by atoms with E-state index in [-0.39, 0.29) is 82.7 Å². The first kappa shape index (κ1) is 89.7. The molecule has 5 aliphatic heterocycles. The molecule has 4 N–H and O–H groups in total. The number of nitrogens with two attached hydrogens (primary N) is 1. The lowest BCUT2D eigenvalue weighted by Crippen LogP contribution is -2.36. The molecule has 0 unspecified atom stereocenters. The van der Waals surface area contributed by atoms with Crippen LogP contribution in [0.25, 0.3) is 35.6 Å². The number of furan rings is 1. The minimum atomic E-state index is -0.135. The molecule has 8 fully saturated rings. The van der Waals surface area contributed by atoms with Gasteiger partial charge < -0.3 is 39.9 Å². The largest absolute Gasteiger partial charge is 0.461 e. The molecule has 0 spiro atoms. The van der Waals surface area contributed by atoms with E-state index in [0.717, 1.165) is 217 Å². The first-order valence-corrected chi connectivity index (χ1v) is 44.6. The molecule has 16 rings (SSSR count). The molecular formula is C89H100N14O12S5. The Hall–Kier alpha value is -9.54. The number of ketones is 4. The van der Waals surface area contributed by atoms with Crippen LogP contribution < -0.4 is 21.3 Å². The number of pyridine rings is 1. The maximum Gasteiger partial charge on any atom is 0.201 e. The number of nitrogens with zero attached hydrogens (tertiary/aromatic N) is 11. The fourth-order valence-electron chi connectivity index (χ4n) is 15.0. The molecule has 31 heteroatoms. The lowest BCUT2D eigenvalue weighted by atomic mass is 9.84. The van der Waals surface area contributed by atoms with E-state index < -0.39 is 0 Å². The van der Waals surface area contributed by atoms with E-state index in [0.29, 0.717) is 116 Å². The van der Waals surface area contributed by atoms with Gasteiger partial charge in [0.05, 0.1) is 125 Å². The average molecular weight is 1720 g/mol. The molecule has 120 heavy (non-hydrogen) atoms. The highest BCUT2D eigenvalue weighted by Crippen LogP contribution is 2.36. The zero-order valence-corrected chi connectivity index (χ0v) is 70.4. The fraction of sp³-hybridized carbons (Fsp3) is 0.416. The number of hydrogen-bond acceptors (Lipinski definition) is 30. The molecule has 8 aliphatic rings.